The molecule has 1 amide bonds. The van der Waals surface area contributed by atoms with E-state index >= 15 is 0 Å². The topological polar surface area (TPSA) is 53.6 Å². The third-order valence-electron chi connectivity index (χ3n) is 2.77. The fourth-order valence-electron chi connectivity index (χ4n) is 1.80. The van der Waals surface area contributed by atoms with E-state index in [1.54, 1.807) is 25.2 Å². The van der Waals surface area contributed by atoms with Gasteiger partial charge >= 0.3 is 0 Å². The number of hydrogen-bond acceptors (Lipinski definition) is 4. The molecule has 18 heavy (non-hydrogen) atoms. The first-order valence-corrected chi connectivity index (χ1v) is 6.19. The molecule has 1 aliphatic rings. The molecule has 0 atom stereocenters. The van der Waals surface area contributed by atoms with E-state index in [0.717, 1.165) is 5.69 Å². The quantitative estimate of drug-likeness (QED) is 0.870. The number of hydrazine groups is 1. The highest BCUT2D eigenvalue weighted by atomic mass is 35.5. The highest BCUT2D eigenvalue weighted by Gasteiger charge is 2.16. The van der Waals surface area contributed by atoms with Gasteiger partial charge in [0.15, 0.2) is 0 Å². The van der Waals surface area contributed by atoms with Crippen molar-refractivity contribution < 1.29 is 9.53 Å². The number of ether oxygens (including phenoxy) is 1. The van der Waals surface area contributed by atoms with Gasteiger partial charge in [-0.3, -0.25) is 10.2 Å². The maximum Gasteiger partial charge on any atom is 0.267 e. The number of benzene rings is 1. The Bertz CT molecular complexity index is 433. The summed E-state index contributed by atoms with van der Waals surface area (Å²) in [5, 5.41) is 5.37. The first kappa shape index (κ1) is 13.1. The standard InChI is InChI=1S/C12H16ClN3O2/c1-14-11-3-2-9(13)8-10(11)12(17)15-16-4-6-18-7-5-16/h2-3,8,14H,4-7H2,1H3,(H,15,17). The third-order valence-corrected chi connectivity index (χ3v) is 3.00. The molecule has 0 unspecified atom stereocenters. The molecule has 0 spiro atoms. The fourth-order valence-corrected chi connectivity index (χ4v) is 1.97. The summed E-state index contributed by atoms with van der Waals surface area (Å²) < 4.78 is 5.22. The molecule has 0 aromatic heterocycles. The Labute approximate surface area is 111 Å². The molecule has 1 aromatic carbocycles. The number of nitrogens with zero attached hydrogens (tertiary/aromatic N) is 1. The van der Waals surface area contributed by atoms with Crippen LogP contribution in [0.15, 0.2) is 18.2 Å². The predicted molar refractivity (Wildman–Crippen MR) is 70.9 cm³/mol. The van der Waals surface area contributed by atoms with Crippen LogP contribution in [0.3, 0.4) is 0 Å². The van der Waals surface area contributed by atoms with Gasteiger partial charge in [0.1, 0.15) is 0 Å². The van der Waals surface area contributed by atoms with Crippen molar-refractivity contribution in [1.82, 2.24) is 10.4 Å². The van der Waals surface area contributed by atoms with Gasteiger partial charge in [-0.2, -0.15) is 0 Å². The molecule has 1 heterocycles. The molecule has 1 saturated heterocycles. The fraction of sp³-hybridized carbons (Fsp3) is 0.417. The van der Waals surface area contributed by atoms with E-state index in [9.17, 15) is 4.79 Å². The summed E-state index contributed by atoms with van der Waals surface area (Å²) in [6, 6.07) is 5.19. The monoisotopic (exact) mass is 269 g/mol. The van der Waals surface area contributed by atoms with Crippen molar-refractivity contribution in [3.05, 3.63) is 28.8 Å². The second-order valence-corrected chi connectivity index (χ2v) is 4.42. The summed E-state index contributed by atoms with van der Waals surface area (Å²) in [6.07, 6.45) is 0. The van der Waals surface area contributed by atoms with Crippen LogP contribution in [0.1, 0.15) is 10.4 Å². The lowest BCUT2D eigenvalue weighted by molar-refractivity contribution is 0.0126. The highest BCUT2D eigenvalue weighted by molar-refractivity contribution is 6.31. The Kier molecular flexibility index (Phi) is 4.41. The molecular formula is C12H16ClN3O2. The van der Waals surface area contributed by atoms with Gasteiger partial charge in [0.05, 0.1) is 18.8 Å². The summed E-state index contributed by atoms with van der Waals surface area (Å²) in [7, 11) is 1.77. The van der Waals surface area contributed by atoms with Gasteiger partial charge in [0.25, 0.3) is 5.91 Å². The SMILES string of the molecule is CNc1ccc(Cl)cc1C(=O)NN1CCOCC1. The van der Waals surface area contributed by atoms with Crippen LogP contribution in [-0.4, -0.2) is 44.3 Å². The lowest BCUT2D eigenvalue weighted by Gasteiger charge is -2.27. The van der Waals surface area contributed by atoms with Gasteiger partial charge in [-0.25, -0.2) is 5.01 Å². The lowest BCUT2D eigenvalue weighted by Crippen LogP contribution is -2.48. The van der Waals surface area contributed by atoms with Crippen molar-refractivity contribution in [3.8, 4) is 0 Å². The summed E-state index contributed by atoms with van der Waals surface area (Å²) in [4.78, 5) is 12.2. The Morgan fingerprint density at radius 2 is 2.11 bits per heavy atom. The van der Waals surface area contributed by atoms with Crippen LogP contribution in [0.2, 0.25) is 5.02 Å². The van der Waals surface area contributed by atoms with Crippen molar-refractivity contribution in [3.63, 3.8) is 0 Å². The summed E-state index contributed by atoms with van der Waals surface area (Å²) in [5.41, 5.74) is 4.15. The molecule has 0 radical (unpaired) electrons. The minimum Gasteiger partial charge on any atom is -0.387 e. The number of rotatable bonds is 3. The van der Waals surface area contributed by atoms with Crippen molar-refractivity contribution in [2.75, 3.05) is 38.7 Å². The zero-order valence-electron chi connectivity index (χ0n) is 10.2. The van der Waals surface area contributed by atoms with Crippen molar-refractivity contribution in [2.24, 2.45) is 0 Å². The van der Waals surface area contributed by atoms with E-state index in [2.05, 4.69) is 10.7 Å². The molecule has 98 valence electrons. The van der Waals surface area contributed by atoms with Crippen LogP contribution in [0.5, 0.6) is 0 Å². The largest absolute Gasteiger partial charge is 0.387 e. The van der Waals surface area contributed by atoms with Crippen molar-refractivity contribution >= 4 is 23.2 Å². The van der Waals surface area contributed by atoms with Crippen LogP contribution < -0.4 is 10.7 Å². The molecule has 1 fully saturated rings. The van der Waals surface area contributed by atoms with E-state index in [1.165, 1.54) is 0 Å². The van der Waals surface area contributed by atoms with Gasteiger partial charge in [0.2, 0.25) is 0 Å². The van der Waals surface area contributed by atoms with E-state index in [1.807, 2.05) is 5.01 Å². The van der Waals surface area contributed by atoms with Gasteiger partial charge < -0.3 is 10.1 Å². The molecule has 0 saturated carbocycles. The van der Waals surface area contributed by atoms with E-state index in [-0.39, 0.29) is 5.91 Å². The first-order valence-electron chi connectivity index (χ1n) is 5.81. The first-order chi connectivity index (χ1) is 8.70. The highest BCUT2D eigenvalue weighted by Crippen LogP contribution is 2.20. The average Bonchev–Trinajstić information content (AvgIpc) is 2.40. The van der Waals surface area contributed by atoms with Gasteiger partial charge in [0, 0.05) is 30.8 Å². The maximum absolute atomic E-state index is 12.2. The number of morpholine rings is 1. The molecule has 2 N–H and O–H groups in total. The normalized spacial score (nSPS) is 16.3. The summed E-state index contributed by atoms with van der Waals surface area (Å²) in [5.74, 6) is -0.163. The molecule has 5 nitrogen and oxygen atoms in total. The molecule has 1 aliphatic heterocycles. The number of amides is 1. The number of halogens is 1. The summed E-state index contributed by atoms with van der Waals surface area (Å²) in [6.45, 7) is 2.66. The summed E-state index contributed by atoms with van der Waals surface area (Å²) >= 11 is 5.92. The minimum atomic E-state index is -0.163. The molecule has 1 aromatic rings. The van der Waals surface area contributed by atoms with Crippen molar-refractivity contribution in [1.29, 1.82) is 0 Å². The maximum atomic E-state index is 12.2. The molecule has 0 bridgehead atoms. The van der Waals surface area contributed by atoms with Crippen LogP contribution in [-0.2, 0) is 4.74 Å². The van der Waals surface area contributed by atoms with Gasteiger partial charge in [-0.15, -0.1) is 0 Å². The lowest BCUT2D eigenvalue weighted by atomic mass is 10.1. The Hall–Kier alpha value is -1.30. The number of hydrogen-bond donors (Lipinski definition) is 2. The average molecular weight is 270 g/mol. The molecule has 2 rings (SSSR count). The molecule has 0 aliphatic carbocycles. The molecule has 6 heteroatoms. The van der Waals surface area contributed by atoms with Crippen LogP contribution in [0.25, 0.3) is 0 Å². The van der Waals surface area contributed by atoms with E-state index < -0.39 is 0 Å². The Balaban J connectivity index is 2.09. The predicted octanol–water partition coefficient (Wildman–Crippen LogP) is 1.36. The number of carbonyl (C=O) groups excluding carboxylic acids is 1. The van der Waals surface area contributed by atoms with Gasteiger partial charge in [-0.1, -0.05) is 11.6 Å². The van der Waals surface area contributed by atoms with E-state index in [0.29, 0.717) is 36.9 Å². The van der Waals surface area contributed by atoms with E-state index in [4.69, 9.17) is 16.3 Å². The second kappa shape index (κ2) is 6.04. The number of anilines is 1. The van der Waals surface area contributed by atoms with Crippen LogP contribution >= 0.6 is 11.6 Å². The minimum absolute atomic E-state index is 0.163. The zero-order valence-corrected chi connectivity index (χ0v) is 11.0. The smallest absolute Gasteiger partial charge is 0.267 e. The number of nitrogens with one attached hydrogen (secondary N) is 2. The third kappa shape index (κ3) is 3.13. The molecular weight excluding hydrogens is 254 g/mol. The Morgan fingerprint density at radius 1 is 1.39 bits per heavy atom. The van der Waals surface area contributed by atoms with Crippen LogP contribution in [0.4, 0.5) is 5.69 Å². The van der Waals surface area contributed by atoms with Crippen LogP contribution in [0, 0.1) is 0 Å². The van der Waals surface area contributed by atoms with Gasteiger partial charge in [-0.05, 0) is 18.2 Å². The zero-order chi connectivity index (χ0) is 13.0. The van der Waals surface area contributed by atoms with Crippen molar-refractivity contribution in [2.45, 2.75) is 0 Å². The second-order valence-electron chi connectivity index (χ2n) is 3.98. The Morgan fingerprint density at radius 3 is 2.78 bits per heavy atom. The number of carbonyl (C=O) groups is 1.